The lowest BCUT2D eigenvalue weighted by Gasteiger charge is -1.94. The molecule has 0 N–H and O–H groups in total. The number of hydrogen-bond donors (Lipinski definition) is 0. The van der Waals surface area contributed by atoms with Gasteiger partial charge in [0.05, 0.1) is 0 Å². The maximum Gasteiger partial charge on any atom is 0.00412 e. The highest BCUT2D eigenvalue weighted by molar-refractivity contribution is 6.89. The summed E-state index contributed by atoms with van der Waals surface area (Å²) in [6.45, 7) is 2.10. The van der Waals surface area contributed by atoms with Crippen LogP contribution in [0.4, 0.5) is 0 Å². The number of unbranched alkanes of at least 4 members (excludes halogenated alkanes) is 3. The van der Waals surface area contributed by atoms with E-state index in [4.69, 9.17) is 0 Å². The molecule has 0 aromatic rings. The highest BCUT2D eigenvalue weighted by atomic mass is 29.1. The molecule has 0 aliphatic carbocycles. The summed E-state index contributed by atoms with van der Waals surface area (Å²) >= 11 is 0. The van der Waals surface area contributed by atoms with Crippen LogP contribution in [-0.2, 0) is 0 Å². The second-order valence-electron chi connectivity index (χ2n) is 2.77. The first-order valence-corrected chi connectivity index (χ1v) is 11.2. The summed E-state index contributed by atoms with van der Waals surface area (Å²) in [5.41, 5.74) is 0. The maximum atomic E-state index is 2.28. The Morgan fingerprint density at radius 2 is 2.10 bits per heavy atom. The van der Waals surface area contributed by atoms with Gasteiger partial charge in [-0.1, -0.05) is 31.0 Å². The molecule has 0 bridgehead atoms. The van der Waals surface area contributed by atoms with Gasteiger partial charge in [0.2, 0.25) is 0 Å². The molecule has 0 saturated carbocycles. The SMILES string of the molecule is CC=CCCCCC[SiH2][SiH3]. The van der Waals surface area contributed by atoms with Gasteiger partial charge in [-0.15, -0.1) is 0 Å². The first kappa shape index (κ1) is 10.2. The third kappa shape index (κ3) is 8.17. The first-order valence-electron chi connectivity index (χ1n) is 4.53. The summed E-state index contributed by atoms with van der Waals surface area (Å²) in [5.74, 6) is 0. The molecule has 0 nitrogen and oxygen atoms in total. The van der Waals surface area contributed by atoms with Crippen LogP contribution in [0.2, 0.25) is 6.04 Å². The zero-order chi connectivity index (χ0) is 7.66. The Kier molecular flexibility index (Phi) is 9.33. The Balaban J connectivity index is 2.77. The summed E-state index contributed by atoms with van der Waals surface area (Å²) in [6, 6.07) is 1.61. The molecule has 0 aliphatic heterocycles. The van der Waals surface area contributed by atoms with Gasteiger partial charge in [-0.2, -0.15) is 0 Å². The fourth-order valence-electron chi connectivity index (χ4n) is 1.03. The van der Waals surface area contributed by atoms with Gasteiger partial charge in [0.15, 0.2) is 0 Å². The van der Waals surface area contributed by atoms with Gasteiger partial charge in [-0.25, -0.2) is 0 Å². The Hall–Kier alpha value is 0.174. The van der Waals surface area contributed by atoms with Crippen molar-refractivity contribution in [3.63, 3.8) is 0 Å². The van der Waals surface area contributed by atoms with E-state index in [0.29, 0.717) is 9.04 Å². The van der Waals surface area contributed by atoms with Crippen molar-refractivity contribution < 1.29 is 0 Å². The molecule has 10 heavy (non-hydrogen) atoms. The standard InChI is InChI=1S/C8H20Si2/c1-2-3-4-5-6-7-8-10-9/h2-3H,4-8,10H2,1,9H3. The van der Waals surface area contributed by atoms with Crippen molar-refractivity contribution in [1.29, 1.82) is 0 Å². The summed E-state index contributed by atoms with van der Waals surface area (Å²) in [5, 5.41) is 0. The highest BCUT2D eigenvalue weighted by Crippen LogP contribution is 2.02. The van der Waals surface area contributed by atoms with Gasteiger partial charge >= 0.3 is 0 Å². The van der Waals surface area contributed by atoms with Crippen LogP contribution < -0.4 is 0 Å². The molecular formula is C8H20Si2. The fraction of sp³-hybridized carbons (Fsp3) is 0.750. The quantitative estimate of drug-likeness (QED) is 0.318. The number of allylic oxidation sites excluding steroid dienone is 2. The molecule has 0 rings (SSSR count). The van der Waals surface area contributed by atoms with Crippen LogP contribution in [0.15, 0.2) is 12.2 Å². The normalized spacial score (nSPS) is 12.5. The van der Waals surface area contributed by atoms with Gasteiger partial charge < -0.3 is 0 Å². The van der Waals surface area contributed by atoms with Crippen molar-refractivity contribution in [2.75, 3.05) is 0 Å². The lowest BCUT2D eigenvalue weighted by atomic mass is 10.2. The van der Waals surface area contributed by atoms with E-state index in [1.54, 1.807) is 6.04 Å². The van der Waals surface area contributed by atoms with Crippen LogP contribution in [-0.4, -0.2) is 18.8 Å². The Bertz CT molecular complexity index is 79.3. The van der Waals surface area contributed by atoms with Gasteiger partial charge in [0.1, 0.15) is 0 Å². The van der Waals surface area contributed by atoms with Crippen LogP contribution in [0.1, 0.15) is 32.6 Å². The molecule has 0 amide bonds. The average Bonchev–Trinajstić information content (AvgIpc) is 1.97. The molecule has 0 fully saturated rings. The predicted octanol–water partition coefficient (Wildman–Crippen LogP) is 0.990. The minimum Gasteiger partial charge on any atom is -0.0917 e. The van der Waals surface area contributed by atoms with Crippen LogP contribution in [0.5, 0.6) is 0 Å². The van der Waals surface area contributed by atoms with Crippen LogP contribution in [0.3, 0.4) is 0 Å². The van der Waals surface area contributed by atoms with E-state index in [1.807, 2.05) is 0 Å². The van der Waals surface area contributed by atoms with E-state index >= 15 is 0 Å². The third-order valence-electron chi connectivity index (χ3n) is 1.71. The lowest BCUT2D eigenvalue weighted by molar-refractivity contribution is 0.728. The monoisotopic (exact) mass is 172 g/mol. The van der Waals surface area contributed by atoms with E-state index in [9.17, 15) is 0 Å². The molecular weight excluding hydrogens is 152 g/mol. The van der Waals surface area contributed by atoms with E-state index in [-0.39, 0.29) is 0 Å². The van der Waals surface area contributed by atoms with Crippen LogP contribution >= 0.6 is 0 Å². The Labute approximate surface area is 70.1 Å². The van der Waals surface area contributed by atoms with Gasteiger partial charge in [0.25, 0.3) is 0 Å². The van der Waals surface area contributed by atoms with E-state index in [1.165, 1.54) is 35.4 Å². The number of rotatable bonds is 6. The fourth-order valence-corrected chi connectivity index (χ4v) is 3.39. The van der Waals surface area contributed by atoms with Gasteiger partial charge in [-0.3, -0.25) is 0 Å². The largest absolute Gasteiger partial charge is 0.0917 e. The zero-order valence-electron chi connectivity index (χ0n) is 7.40. The number of hydrogen-bond acceptors (Lipinski definition) is 0. The average molecular weight is 172 g/mol. The van der Waals surface area contributed by atoms with Crippen molar-refractivity contribution in [2.24, 2.45) is 0 Å². The first-order chi connectivity index (χ1) is 4.91. The van der Waals surface area contributed by atoms with E-state index in [2.05, 4.69) is 19.1 Å². The molecule has 0 aromatic heterocycles. The molecule has 2 heteroatoms. The van der Waals surface area contributed by atoms with Gasteiger partial charge in [-0.05, 0) is 29.5 Å². The Morgan fingerprint density at radius 1 is 1.30 bits per heavy atom. The topological polar surface area (TPSA) is 0 Å². The molecule has 0 heterocycles. The van der Waals surface area contributed by atoms with Crippen molar-refractivity contribution in [1.82, 2.24) is 0 Å². The predicted molar refractivity (Wildman–Crippen MR) is 56.6 cm³/mol. The second kappa shape index (κ2) is 9.17. The van der Waals surface area contributed by atoms with E-state index < -0.39 is 0 Å². The molecule has 0 saturated heterocycles. The summed E-state index contributed by atoms with van der Waals surface area (Å²) in [6.07, 6.45) is 10.1. The maximum absolute atomic E-state index is 2.28. The highest BCUT2D eigenvalue weighted by Gasteiger charge is 1.85. The van der Waals surface area contributed by atoms with Crippen molar-refractivity contribution >= 4 is 18.8 Å². The van der Waals surface area contributed by atoms with Crippen molar-refractivity contribution in [3.8, 4) is 0 Å². The van der Waals surface area contributed by atoms with Crippen molar-refractivity contribution in [3.05, 3.63) is 12.2 Å². The third-order valence-corrected chi connectivity index (χ3v) is 5.04. The molecule has 0 atom stereocenters. The second-order valence-corrected chi connectivity index (χ2v) is 7.48. The molecule has 60 valence electrons. The Morgan fingerprint density at radius 3 is 2.70 bits per heavy atom. The molecule has 0 aromatic carbocycles. The zero-order valence-corrected chi connectivity index (χ0v) is 10.8. The smallest absolute Gasteiger partial charge is 0.00412 e. The van der Waals surface area contributed by atoms with Gasteiger partial charge in [0, 0.05) is 9.04 Å². The van der Waals surface area contributed by atoms with E-state index in [0.717, 1.165) is 0 Å². The summed E-state index contributed by atoms with van der Waals surface area (Å²) < 4.78 is 0. The minimum atomic E-state index is 0.495. The molecule has 0 spiro atoms. The van der Waals surface area contributed by atoms with Crippen LogP contribution in [0, 0.1) is 0 Å². The summed E-state index contributed by atoms with van der Waals surface area (Å²) in [4.78, 5) is 0. The molecule has 0 radical (unpaired) electrons. The van der Waals surface area contributed by atoms with Crippen LogP contribution in [0.25, 0.3) is 0 Å². The molecule has 0 aliphatic rings. The van der Waals surface area contributed by atoms with Crippen molar-refractivity contribution in [2.45, 2.75) is 38.7 Å². The summed E-state index contributed by atoms with van der Waals surface area (Å²) in [7, 11) is 2.03. The molecule has 0 unspecified atom stereocenters. The minimum absolute atomic E-state index is 0.495. The lowest BCUT2D eigenvalue weighted by Crippen LogP contribution is -1.86.